The van der Waals surface area contributed by atoms with Crippen molar-refractivity contribution < 1.29 is 19.4 Å². The van der Waals surface area contributed by atoms with Gasteiger partial charge >= 0.3 is 5.97 Å². The van der Waals surface area contributed by atoms with Gasteiger partial charge in [0, 0.05) is 19.5 Å². The highest BCUT2D eigenvalue weighted by Crippen LogP contribution is 2.38. The lowest BCUT2D eigenvalue weighted by molar-refractivity contribution is -0.167. The van der Waals surface area contributed by atoms with Gasteiger partial charge in [0.25, 0.3) is 0 Å². The van der Waals surface area contributed by atoms with Crippen LogP contribution in [0.5, 0.6) is 0 Å². The van der Waals surface area contributed by atoms with Crippen LogP contribution in [-0.4, -0.2) is 47.9 Å². The van der Waals surface area contributed by atoms with Crippen molar-refractivity contribution in [3.8, 4) is 0 Å². The van der Waals surface area contributed by atoms with Crippen LogP contribution in [0.3, 0.4) is 0 Å². The first-order valence-electron chi connectivity index (χ1n) is 9.10. The van der Waals surface area contributed by atoms with Gasteiger partial charge in [0.05, 0.1) is 16.4 Å². The van der Waals surface area contributed by atoms with E-state index in [1.807, 2.05) is 29.9 Å². The van der Waals surface area contributed by atoms with Crippen molar-refractivity contribution in [3.05, 3.63) is 57.1 Å². The van der Waals surface area contributed by atoms with Crippen LogP contribution in [0.1, 0.15) is 29.0 Å². The van der Waals surface area contributed by atoms with Crippen LogP contribution >= 0.6 is 22.7 Å². The molecule has 0 bridgehead atoms. The van der Waals surface area contributed by atoms with Crippen molar-refractivity contribution in [2.75, 3.05) is 13.7 Å². The number of ether oxygens (including phenoxy) is 2. The zero-order valence-corrected chi connectivity index (χ0v) is 16.7. The summed E-state index contributed by atoms with van der Waals surface area (Å²) in [5.41, 5.74) is -1.73. The monoisotopic (exact) mass is 405 g/mol. The summed E-state index contributed by atoms with van der Waals surface area (Å²) in [5, 5.41) is 15.0. The lowest BCUT2D eigenvalue weighted by Gasteiger charge is -2.26. The number of aliphatic hydroxyl groups is 1. The van der Waals surface area contributed by atoms with E-state index in [1.54, 1.807) is 12.1 Å². The van der Waals surface area contributed by atoms with Gasteiger partial charge in [0.15, 0.2) is 0 Å². The maximum atomic E-state index is 13.0. The van der Waals surface area contributed by atoms with Crippen LogP contribution in [0.2, 0.25) is 0 Å². The molecule has 2 fully saturated rings. The number of carbonyl (C=O) groups is 1. The molecular weight excluding hydrogens is 382 g/mol. The smallest absolute Gasteiger partial charge is 0.349 e. The molecule has 2 unspecified atom stereocenters. The quantitative estimate of drug-likeness (QED) is 0.565. The van der Waals surface area contributed by atoms with Crippen molar-refractivity contribution in [1.29, 1.82) is 0 Å². The molecule has 27 heavy (non-hydrogen) atoms. The first-order valence-corrected chi connectivity index (χ1v) is 10.9. The summed E-state index contributed by atoms with van der Waals surface area (Å²) in [6, 6.07) is 7.56. The zero-order chi connectivity index (χ0) is 18.9. The molecule has 1 saturated carbocycles. The van der Waals surface area contributed by atoms with Crippen LogP contribution in [0.25, 0.3) is 0 Å². The average Bonchev–Trinajstić information content (AvgIpc) is 3.12. The van der Waals surface area contributed by atoms with Crippen molar-refractivity contribution >= 4 is 28.6 Å². The Balaban J connectivity index is 1.43. The van der Waals surface area contributed by atoms with Gasteiger partial charge < -0.3 is 19.5 Å². The molecular formula is C20H23NO4S2. The van der Waals surface area contributed by atoms with Gasteiger partial charge in [-0.15, -0.1) is 22.7 Å². The summed E-state index contributed by atoms with van der Waals surface area (Å²) in [6.07, 6.45) is 6.73. The van der Waals surface area contributed by atoms with E-state index in [-0.39, 0.29) is 12.2 Å². The highest BCUT2D eigenvalue weighted by Gasteiger charge is 2.45. The number of rotatable bonds is 7. The molecule has 1 aliphatic carbocycles. The highest BCUT2D eigenvalue weighted by atomic mass is 32.1. The van der Waals surface area contributed by atoms with Gasteiger partial charge in [0.2, 0.25) is 5.60 Å². The summed E-state index contributed by atoms with van der Waals surface area (Å²) < 4.78 is 11.0. The van der Waals surface area contributed by atoms with E-state index in [1.165, 1.54) is 22.7 Å². The Morgan fingerprint density at radius 3 is 2.52 bits per heavy atom. The Hall–Kier alpha value is -1.67. The van der Waals surface area contributed by atoms with E-state index in [0.29, 0.717) is 15.8 Å². The molecule has 0 radical (unpaired) electrons. The van der Waals surface area contributed by atoms with Crippen molar-refractivity contribution in [2.24, 2.45) is 0 Å². The minimum absolute atomic E-state index is 0.179. The van der Waals surface area contributed by atoms with Crippen LogP contribution in [0, 0.1) is 0 Å². The summed E-state index contributed by atoms with van der Waals surface area (Å²) in [6.45, 7) is 0.805. The van der Waals surface area contributed by atoms with Crippen molar-refractivity contribution in [1.82, 2.24) is 4.90 Å². The third-order valence-corrected chi connectivity index (χ3v) is 7.11. The van der Waals surface area contributed by atoms with E-state index in [0.717, 1.165) is 25.9 Å². The molecule has 1 saturated heterocycles. The fourth-order valence-electron chi connectivity index (χ4n) is 3.44. The SMILES string of the molecule is CN(/C=C\C1CO1)C1CC[C@@H](OC(=O)C(O)(c2cccs2)c2cccs2)C1. The van der Waals surface area contributed by atoms with Gasteiger partial charge in [-0.2, -0.15) is 0 Å². The van der Waals surface area contributed by atoms with Gasteiger partial charge in [0.1, 0.15) is 12.2 Å². The molecule has 2 aromatic rings. The van der Waals surface area contributed by atoms with E-state index in [4.69, 9.17) is 9.47 Å². The maximum Gasteiger partial charge on any atom is 0.349 e. The summed E-state index contributed by atoms with van der Waals surface area (Å²) in [5.74, 6) is -0.581. The molecule has 2 aromatic heterocycles. The molecule has 5 nitrogen and oxygen atoms in total. The molecule has 3 atom stereocenters. The Bertz CT molecular complexity index is 749. The fourth-order valence-corrected chi connectivity index (χ4v) is 5.16. The molecule has 1 N–H and O–H groups in total. The largest absolute Gasteiger partial charge is 0.460 e. The van der Waals surface area contributed by atoms with Crippen LogP contribution in [0.4, 0.5) is 0 Å². The number of hydrogen-bond donors (Lipinski definition) is 1. The molecule has 144 valence electrons. The molecule has 0 spiro atoms. The van der Waals surface area contributed by atoms with E-state index in [9.17, 15) is 9.90 Å². The number of epoxide rings is 1. The van der Waals surface area contributed by atoms with Gasteiger partial charge in [-0.25, -0.2) is 4.79 Å². The first-order chi connectivity index (χ1) is 13.1. The number of thiophene rings is 2. The van der Waals surface area contributed by atoms with Gasteiger partial charge in [-0.1, -0.05) is 12.1 Å². The molecule has 0 amide bonds. The van der Waals surface area contributed by atoms with E-state index in [2.05, 4.69) is 17.2 Å². The molecule has 7 heteroatoms. The lowest BCUT2D eigenvalue weighted by Crippen LogP contribution is -2.39. The van der Waals surface area contributed by atoms with Crippen molar-refractivity contribution in [3.63, 3.8) is 0 Å². The molecule has 3 heterocycles. The molecule has 1 aliphatic heterocycles. The van der Waals surface area contributed by atoms with Crippen molar-refractivity contribution in [2.45, 2.75) is 43.1 Å². The van der Waals surface area contributed by atoms with Crippen LogP contribution < -0.4 is 0 Å². The fraction of sp³-hybridized carbons (Fsp3) is 0.450. The molecule has 2 aliphatic rings. The standard InChI is InChI=1S/C20H23NO4S2/c1-21(9-8-16-13-24-16)14-6-7-15(12-14)25-19(22)20(23,17-4-2-10-26-17)18-5-3-11-27-18/h2-5,8-11,14-16,23H,6-7,12-13H2,1H3/b9-8-/t14?,15-,16?/m1/s1. The summed E-state index contributed by atoms with van der Waals surface area (Å²) >= 11 is 2.72. The minimum atomic E-state index is -1.73. The van der Waals surface area contributed by atoms with E-state index >= 15 is 0 Å². The number of esters is 1. The third kappa shape index (κ3) is 3.96. The number of nitrogens with zero attached hydrogens (tertiary/aromatic N) is 1. The molecule has 0 aromatic carbocycles. The number of hydrogen-bond acceptors (Lipinski definition) is 7. The predicted molar refractivity (Wildman–Crippen MR) is 106 cm³/mol. The zero-order valence-electron chi connectivity index (χ0n) is 15.1. The highest BCUT2D eigenvalue weighted by molar-refractivity contribution is 7.12. The maximum absolute atomic E-state index is 13.0. The summed E-state index contributed by atoms with van der Waals surface area (Å²) in [4.78, 5) is 16.4. The minimum Gasteiger partial charge on any atom is -0.460 e. The predicted octanol–water partition coefficient (Wildman–Crippen LogP) is 3.35. The summed E-state index contributed by atoms with van der Waals surface area (Å²) in [7, 11) is 2.04. The normalized spacial score (nSPS) is 25.0. The van der Waals surface area contributed by atoms with Crippen LogP contribution in [-0.2, 0) is 19.9 Å². The second-order valence-corrected chi connectivity index (χ2v) is 8.93. The Morgan fingerprint density at radius 1 is 1.30 bits per heavy atom. The van der Waals surface area contributed by atoms with E-state index < -0.39 is 11.6 Å². The Morgan fingerprint density at radius 2 is 1.96 bits per heavy atom. The Kier molecular flexibility index (Phi) is 5.36. The molecule has 4 rings (SSSR count). The topological polar surface area (TPSA) is 62.3 Å². The second kappa shape index (κ2) is 7.75. The van der Waals surface area contributed by atoms with Gasteiger partial charge in [-0.05, 0) is 48.0 Å². The van der Waals surface area contributed by atoms with Crippen LogP contribution in [0.15, 0.2) is 47.3 Å². The van der Waals surface area contributed by atoms with Gasteiger partial charge in [-0.3, -0.25) is 0 Å². The number of carbonyl (C=O) groups excluding carboxylic acids is 1. The average molecular weight is 406 g/mol. The lowest BCUT2D eigenvalue weighted by atomic mass is 10.00. The Labute approximate surface area is 166 Å². The first kappa shape index (κ1) is 18.7. The third-order valence-electron chi connectivity index (χ3n) is 5.15. The second-order valence-electron chi connectivity index (χ2n) is 7.04.